The Hall–Kier alpha value is -1.92. The molecule has 0 unspecified atom stereocenters. The normalized spacial score (nSPS) is 16.1. The summed E-state index contributed by atoms with van der Waals surface area (Å²) in [6, 6.07) is 0. The number of rotatable bonds is 9. The minimum absolute atomic E-state index is 0.0376. The van der Waals surface area contributed by atoms with Crippen LogP contribution >= 0.6 is 11.8 Å². The molecule has 0 aromatic carbocycles. The lowest BCUT2D eigenvalue weighted by Crippen LogP contribution is -2.43. The van der Waals surface area contributed by atoms with Crippen LogP contribution in [0.25, 0.3) is 11.0 Å². The molecule has 1 amide bonds. The Morgan fingerprint density at radius 2 is 2.00 bits per heavy atom. The van der Waals surface area contributed by atoms with Crippen LogP contribution in [0.4, 0.5) is 5.82 Å². The van der Waals surface area contributed by atoms with Crippen molar-refractivity contribution in [3.63, 3.8) is 0 Å². The second-order valence-corrected chi connectivity index (χ2v) is 10.1. The molecule has 0 radical (unpaired) electrons. The SMILES string of the molecule is CCCNc1nc(SC)nc2c1cnn2CCNC(=O)C1CCN(S(C)(=O)=O)CC1. The van der Waals surface area contributed by atoms with Gasteiger partial charge in [0.05, 0.1) is 24.4 Å². The van der Waals surface area contributed by atoms with E-state index in [2.05, 4.69) is 32.6 Å². The average Bonchev–Trinajstić information content (AvgIpc) is 3.14. The monoisotopic (exact) mass is 455 g/mol. The Bertz CT molecular complexity index is 985. The average molecular weight is 456 g/mol. The largest absolute Gasteiger partial charge is 0.369 e. The van der Waals surface area contributed by atoms with Crippen LogP contribution in [0.2, 0.25) is 0 Å². The molecular formula is C18H29N7O3S2. The molecule has 3 heterocycles. The van der Waals surface area contributed by atoms with Gasteiger partial charge in [0.25, 0.3) is 0 Å². The van der Waals surface area contributed by atoms with Crippen molar-refractivity contribution in [1.82, 2.24) is 29.4 Å². The number of aromatic nitrogens is 4. The van der Waals surface area contributed by atoms with Crippen molar-refractivity contribution in [3.05, 3.63) is 6.20 Å². The van der Waals surface area contributed by atoms with Gasteiger partial charge in [0.1, 0.15) is 5.82 Å². The van der Waals surface area contributed by atoms with E-state index in [0.717, 1.165) is 29.8 Å². The van der Waals surface area contributed by atoms with Crippen LogP contribution in [0.15, 0.2) is 11.4 Å². The highest BCUT2D eigenvalue weighted by Crippen LogP contribution is 2.23. The minimum Gasteiger partial charge on any atom is -0.369 e. The molecule has 2 aromatic rings. The van der Waals surface area contributed by atoms with Crippen molar-refractivity contribution < 1.29 is 13.2 Å². The molecular weight excluding hydrogens is 426 g/mol. The molecule has 1 fully saturated rings. The van der Waals surface area contributed by atoms with Gasteiger partial charge in [-0.15, -0.1) is 0 Å². The van der Waals surface area contributed by atoms with Crippen molar-refractivity contribution in [2.75, 3.05) is 44.0 Å². The van der Waals surface area contributed by atoms with E-state index in [-0.39, 0.29) is 11.8 Å². The number of anilines is 1. The van der Waals surface area contributed by atoms with Gasteiger partial charge in [-0.05, 0) is 25.5 Å². The molecule has 166 valence electrons. The van der Waals surface area contributed by atoms with Gasteiger partial charge in [0.2, 0.25) is 15.9 Å². The summed E-state index contributed by atoms with van der Waals surface area (Å²) in [5, 5.41) is 12.2. The van der Waals surface area contributed by atoms with Crippen LogP contribution in [-0.4, -0.2) is 77.1 Å². The summed E-state index contributed by atoms with van der Waals surface area (Å²) >= 11 is 1.47. The molecule has 1 aliphatic heterocycles. The number of carbonyl (C=O) groups is 1. The summed E-state index contributed by atoms with van der Waals surface area (Å²) in [5.74, 6) is 0.580. The van der Waals surface area contributed by atoms with Crippen LogP contribution < -0.4 is 10.6 Å². The van der Waals surface area contributed by atoms with E-state index < -0.39 is 10.0 Å². The third-order valence-corrected chi connectivity index (χ3v) is 6.97. The predicted octanol–water partition coefficient (Wildman–Crippen LogP) is 1.16. The molecule has 1 saturated heterocycles. The first-order valence-corrected chi connectivity index (χ1v) is 13.1. The fourth-order valence-corrected chi connectivity index (χ4v) is 4.68. The van der Waals surface area contributed by atoms with Crippen molar-refractivity contribution >= 4 is 44.5 Å². The minimum atomic E-state index is -3.19. The van der Waals surface area contributed by atoms with Crippen molar-refractivity contribution in [1.29, 1.82) is 0 Å². The second-order valence-electron chi connectivity index (χ2n) is 7.32. The number of thioether (sulfide) groups is 1. The number of nitrogens with zero attached hydrogens (tertiary/aromatic N) is 5. The molecule has 10 nitrogen and oxygen atoms in total. The topological polar surface area (TPSA) is 122 Å². The van der Waals surface area contributed by atoms with Crippen LogP contribution in [0, 0.1) is 5.92 Å². The maximum Gasteiger partial charge on any atom is 0.223 e. The summed E-state index contributed by atoms with van der Waals surface area (Å²) < 4.78 is 26.4. The Morgan fingerprint density at radius 3 is 2.63 bits per heavy atom. The third-order valence-electron chi connectivity index (χ3n) is 5.12. The van der Waals surface area contributed by atoms with E-state index >= 15 is 0 Å². The molecule has 0 saturated carbocycles. The lowest BCUT2D eigenvalue weighted by molar-refractivity contribution is -0.126. The molecule has 3 rings (SSSR count). The number of hydrogen-bond donors (Lipinski definition) is 2. The number of sulfonamides is 1. The smallest absolute Gasteiger partial charge is 0.223 e. The Labute approximate surface area is 181 Å². The number of nitrogens with one attached hydrogen (secondary N) is 2. The van der Waals surface area contributed by atoms with Gasteiger partial charge in [-0.2, -0.15) is 5.10 Å². The maximum absolute atomic E-state index is 12.5. The highest BCUT2D eigenvalue weighted by molar-refractivity contribution is 7.98. The standard InChI is InChI=1S/C18H29N7O3S2/c1-4-7-19-15-14-12-21-25(16(14)23-18(22-15)29-2)11-8-20-17(26)13-5-9-24(10-6-13)30(3,27)28/h12-13H,4-11H2,1-3H3,(H,20,26)(H,19,22,23). The van der Waals surface area contributed by atoms with E-state index in [9.17, 15) is 13.2 Å². The number of fused-ring (bicyclic) bond motifs is 1. The summed E-state index contributed by atoms with van der Waals surface area (Å²) in [5.41, 5.74) is 0.740. The number of hydrogen-bond acceptors (Lipinski definition) is 8. The van der Waals surface area contributed by atoms with Gasteiger partial charge in [0.15, 0.2) is 10.8 Å². The van der Waals surface area contributed by atoms with Crippen molar-refractivity contribution in [2.45, 2.75) is 37.9 Å². The predicted molar refractivity (Wildman–Crippen MR) is 118 cm³/mol. The Balaban J connectivity index is 1.59. The van der Waals surface area contributed by atoms with Gasteiger partial charge in [-0.1, -0.05) is 18.7 Å². The first-order valence-electron chi connectivity index (χ1n) is 10.1. The zero-order chi connectivity index (χ0) is 21.7. The van der Waals surface area contributed by atoms with Gasteiger partial charge >= 0.3 is 0 Å². The molecule has 2 N–H and O–H groups in total. The van der Waals surface area contributed by atoms with Crippen LogP contribution in [0.5, 0.6) is 0 Å². The fraction of sp³-hybridized carbons (Fsp3) is 0.667. The van der Waals surface area contributed by atoms with Crippen LogP contribution in [-0.2, 0) is 21.4 Å². The van der Waals surface area contributed by atoms with E-state index in [1.165, 1.54) is 22.3 Å². The highest BCUT2D eigenvalue weighted by Gasteiger charge is 2.28. The summed E-state index contributed by atoms with van der Waals surface area (Å²) in [6.07, 6.45) is 6.96. The summed E-state index contributed by atoms with van der Waals surface area (Å²) in [6.45, 7) is 4.62. The highest BCUT2D eigenvalue weighted by atomic mass is 32.2. The van der Waals surface area contributed by atoms with Crippen LogP contribution in [0.3, 0.4) is 0 Å². The molecule has 0 atom stereocenters. The van der Waals surface area contributed by atoms with Gasteiger partial charge in [-0.25, -0.2) is 27.4 Å². The quantitative estimate of drug-likeness (QED) is 0.427. The molecule has 0 spiro atoms. The molecule has 2 aromatic heterocycles. The van der Waals surface area contributed by atoms with Crippen molar-refractivity contribution in [3.8, 4) is 0 Å². The zero-order valence-corrected chi connectivity index (χ0v) is 19.2. The van der Waals surface area contributed by atoms with Crippen LogP contribution in [0.1, 0.15) is 26.2 Å². The summed E-state index contributed by atoms with van der Waals surface area (Å²) in [7, 11) is -3.19. The number of carbonyl (C=O) groups excluding carboxylic acids is 1. The van der Waals surface area contributed by atoms with Crippen molar-refractivity contribution in [2.24, 2.45) is 5.92 Å². The Kier molecular flexibility index (Phi) is 7.53. The molecule has 30 heavy (non-hydrogen) atoms. The lowest BCUT2D eigenvalue weighted by Gasteiger charge is -2.29. The molecule has 1 aliphatic rings. The molecule has 0 aliphatic carbocycles. The zero-order valence-electron chi connectivity index (χ0n) is 17.6. The Morgan fingerprint density at radius 1 is 1.27 bits per heavy atom. The van der Waals surface area contributed by atoms with Gasteiger partial charge in [-0.3, -0.25) is 4.79 Å². The second kappa shape index (κ2) is 9.92. The van der Waals surface area contributed by atoms with E-state index in [1.54, 1.807) is 10.9 Å². The van der Waals surface area contributed by atoms with E-state index in [0.29, 0.717) is 44.2 Å². The fourth-order valence-electron chi connectivity index (χ4n) is 3.45. The molecule has 12 heteroatoms. The lowest BCUT2D eigenvalue weighted by atomic mass is 9.97. The first-order chi connectivity index (χ1) is 14.3. The summed E-state index contributed by atoms with van der Waals surface area (Å²) in [4.78, 5) is 21.6. The van der Waals surface area contributed by atoms with E-state index in [1.807, 2.05) is 6.26 Å². The number of piperidine rings is 1. The third kappa shape index (κ3) is 5.41. The van der Waals surface area contributed by atoms with Gasteiger partial charge < -0.3 is 10.6 Å². The maximum atomic E-state index is 12.5. The van der Waals surface area contributed by atoms with E-state index in [4.69, 9.17) is 0 Å². The number of amides is 1. The molecule has 0 bridgehead atoms. The first kappa shape index (κ1) is 22.8. The van der Waals surface area contributed by atoms with Gasteiger partial charge in [0, 0.05) is 32.1 Å².